The highest BCUT2D eigenvalue weighted by Crippen LogP contribution is 2.04. The summed E-state index contributed by atoms with van der Waals surface area (Å²) in [7, 11) is 1.64. The van der Waals surface area contributed by atoms with Crippen LogP contribution < -0.4 is 5.32 Å². The highest BCUT2D eigenvalue weighted by atomic mass is 16.5. The predicted octanol–water partition coefficient (Wildman–Crippen LogP) is 1.44. The zero-order chi connectivity index (χ0) is 13.9. The zero-order valence-electron chi connectivity index (χ0n) is 11.5. The van der Waals surface area contributed by atoms with Crippen molar-refractivity contribution in [1.82, 2.24) is 10.2 Å². The van der Waals surface area contributed by atoms with Crippen LogP contribution in [0.4, 0.5) is 0 Å². The summed E-state index contributed by atoms with van der Waals surface area (Å²) in [6.45, 7) is 6.47. The largest absolute Gasteiger partial charge is 0.383 e. The monoisotopic (exact) mass is 262 g/mol. The third-order valence-electron chi connectivity index (χ3n) is 2.68. The van der Waals surface area contributed by atoms with Crippen LogP contribution in [-0.2, 0) is 16.1 Å². The molecular weight excluding hydrogens is 240 g/mol. The highest BCUT2D eigenvalue weighted by molar-refractivity contribution is 5.78. The summed E-state index contributed by atoms with van der Waals surface area (Å²) >= 11 is 0. The van der Waals surface area contributed by atoms with Gasteiger partial charge >= 0.3 is 0 Å². The van der Waals surface area contributed by atoms with Crippen molar-refractivity contribution in [3.8, 4) is 0 Å². The second-order valence-electron chi connectivity index (χ2n) is 4.22. The van der Waals surface area contributed by atoms with Gasteiger partial charge in [-0.25, -0.2) is 0 Å². The average molecular weight is 262 g/mol. The summed E-state index contributed by atoms with van der Waals surface area (Å²) < 4.78 is 4.92. The molecule has 19 heavy (non-hydrogen) atoms. The molecule has 1 aromatic rings. The Labute approximate surface area is 115 Å². The zero-order valence-corrected chi connectivity index (χ0v) is 11.5. The molecule has 1 aromatic carbocycles. The Morgan fingerprint density at radius 1 is 1.42 bits per heavy atom. The molecule has 4 heteroatoms. The number of nitrogens with one attached hydrogen (secondary N) is 1. The molecule has 0 spiro atoms. The van der Waals surface area contributed by atoms with Crippen LogP contribution in [0.25, 0.3) is 0 Å². The lowest BCUT2D eigenvalue weighted by Crippen LogP contribution is -2.38. The third kappa shape index (κ3) is 6.18. The molecule has 4 nitrogen and oxygen atoms in total. The summed E-state index contributed by atoms with van der Waals surface area (Å²) in [6.07, 6.45) is 1.75. The van der Waals surface area contributed by atoms with Crippen LogP contribution in [-0.4, -0.2) is 44.2 Å². The SMILES string of the molecule is C=CCN(Cc1ccccc1)C(=O)CNCCOC. The molecule has 0 saturated carbocycles. The van der Waals surface area contributed by atoms with Gasteiger partial charge in [0.25, 0.3) is 0 Å². The second kappa shape index (κ2) is 9.30. The Hall–Kier alpha value is -1.65. The Morgan fingerprint density at radius 3 is 2.79 bits per heavy atom. The van der Waals surface area contributed by atoms with E-state index in [1.807, 2.05) is 30.3 Å². The normalized spacial score (nSPS) is 10.2. The van der Waals surface area contributed by atoms with Crippen molar-refractivity contribution in [2.75, 3.05) is 33.4 Å². The summed E-state index contributed by atoms with van der Waals surface area (Å²) in [5, 5.41) is 3.06. The van der Waals surface area contributed by atoms with E-state index < -0.39 is 0 Å². The van der Waals surface area contributed by atoms with Gasteiger partial charge in [-0.1, -0.05) is 36.4 Å². The molecule has 0 aliphatic rings. The molecule has 0 aromatic heterocycles. The van der Waals surface area contributed by atoms with E-state index in [0.717, 1.165) is 5.56 Å². The van der Waals surface area contributed by atoms with E-state index in [-0.39, 0.29) is 5.91 Å². The lowest BCUT2D eigenvalue weighted by molar-refractivity contribution is -0.130. The van der Waals surface area contributed by atoms with Crippen molar-refractivity contribution in [3.05, 3.63) is 48.6 Å². The minimum atomic E-state index is 0.0693. The second-order valence-corrected chi connectivity index (χ2v) is 4.22. The maximum atomic E-state index is 12.1. The standard InChI is InChI=1S/C15H22N2O2/c1-3-10-17(13-14-7-5-4-6-8-14)15(18)12-16-9-11-19-2/h3-8,16H,1,9-13H2,2H3. The van der Waals surface area contributed by atoms with Crippen LogP contribution in [0.1, 0.15) is 5.56 Å². The van der Waals surface area contributed by atoms with Crippen molar-refractivity contribution in [2.24, 2.45) is 0 Å². The number of methoxy groups -OCH3 is 1. The first-order valence-electron chi connectivity index (χ1n) is 6.40. The van der Waals surface area contributed by atoms with Crippen LogP contribution in [0.5, 0.6) is 0 Å². The third-order valence-corrected chi connectivity index (χ3v) is 2.68. The van der Waals surface area contributed by atoms with Gasteiger partial charge in [0.2, 0.25) is 5.91 Å². The molecule has 0 bridgehead atoms. The van der Waals surface area contributed by atoms with Crippen LogP contribution in [0, 0.1) is 0 Å². The van der Waals surface area contributed by atoms with Crippen molar-refractivity contribution in [3.63, 3.8) is 0 Å². The van der Waals surface area contributed by atoms with Crippen LogP contribution in [0.15, 0.2) is 43.0 Å². The number of ether oxygens (including phenoxy) is 1. The fraction of sp³-hybridized carbons (Fsp3) is 0.400. The van der Waals surface area contributed by atoms with E-state index in [4.69, 9.17) is 4.74 Å². The van der Waals surface area contributed by atoms with E-state index in [0.29, 0.717) is 32.8 Å². The molecule has 0 aliphatic carbocycles. The molecule has 0 aliphatic heterocycles. The van der Waals surface area contributed by atoms with Gasteiger partial charge in [0.05, 0.1) is 13.2 Å². The van der Waals surface area contributed by atoms with E-state index in [1.54, 1.807) is 18.1 Å². The topological polar surface area (TPSA) is 41.6 Å². The van der Waals surface area contributed by atoms with Gasteiger partial charge in [-0.2, -0.15) is 0 Å². The van der Waals surface area contributed by atoms with Gasteiger partial charge in [0.15, 0.2) is 0 Å². The quantitative estimate of drug-likeness (QED) is 0.541. The number of nitrogens with zero attached hydrogens (tertiary/aromatic N) is 1. The van der Waals surface area contributed by atoms with Crippen molar-refractivity contribution in [2.45, 2.75) is 6.54 Å². The molecule has 1 N–H and O–H groups in total. The number of amides is 1. The van der Waals surface area contributed by atoms with E-state index in [9.17, 15) is 4.79 Å². The van der Waals surface area contributed by atoms with Crippen LogP contribution in [0.2, 0.25) is 0 Å². The van der Waals surface area contributed by atoms with Crippen LogP contribution in [0.3, 0.4) is 0 Å². The summed E-state index contributed by atoms with van der Waals surface area (Å²) in [6, 6.07) is 9.95. The van der Waals surface area contributed by atoms with E-state index in [2.05, 4.69) is 11.9 Å². The predicted molar refractivity (Wildman–Crippen MR) is 76.8 cm³/mol. The smallest absolute Gasteiger partial charge is 0.237 e. The van der Waals surface area contributed by atoms with Crippen molar-refractivity contribution < 1.29 is 9.53 Å². The average Bonchev–Trinajstić information content (AvgIpc) is 2.44. The molecule has 0 heterocycles. The van der Waals surface area contributed by atoms with Gasteiger partial charge in [-0.3, -0.25) is 4.79 Å². The molecular formula is C15H22N2O2. The number of rotatable bonds is 9. The van der Waals surface area contributed by atoms with Gasteiger partial charge in [-0.15, -0.1) is 6.58 Å². The fourth-order valence-electron chi connectivity index (χ4n) is 1.70. The first-order valence-corrected chi connectivity index (χ1v) is 6.40. The number of benzene rings is 1. The van der Waals surface area contributed by atoms with Crippen molar-refractivity contribution in [1.29, 1.82) is 0 Å². The first kappa shape index (κ1) is 15.4. The fourth-order valence-corrected chi connectivity index (χ4v) is 1.70. The van der Waals surface area contributed by atoms with Gasteiger partial charge < -0.3 is 15.0 Å². The highest BCUT2D eigenvalue weighted by Gasteiger charge is 2.11. The number of carbonyl (C=O) groups is 1. The lowest BCUT2D eigenvalue weighted by Gasteiger charge is -2.21. The maximum Gasteiger partial charge on any atom is 0.237 e. The van der Waals surface area contributed by atoms with Crippen molar-refractivity contribution >= 4 is 5.91 Å². The molecule has 1 amide bonds. The van der Waals surface area contributed by atoms with Gasteiger partial charge in [0.1, 0.15) is 0 Å². The molecule has 1 rings (SSSR count). The molecule has 0 saturated heterocycles. The minimum absolute atomic E-state index is 0.0693. The molecule has 0 unspecified atom stereocenters. The first-order chi connectivity index (χ1) is 9.27. The van der Waals surface area contributed by atoms with Gasteiger partial charge in [-0.05, 0) is 5.56 Å². The van der Waals surface area contributed by atoms with E-state index >= 15 is 0 Å². The molecule has 0 fully saturated rings. The van der Waals surface area contributed by atoms with Crippen LogP contribution >= 0.6 is 0 Å². The number of carbonyl (C=O) groups excluding carboxylic acids is 1. The number of hydrogen-bond donors (Lipinski definition) is 1. The summed E-state index contributed by atoms with van der Waals surface area (Å²) in [4.78, 5) is 13.9. The molecule has 0 radical (unpaired) electrons. The minimum Gasteiger partial charge on any atom is -0.383 e. The Bertz CT molecular complexity index is 379. The Morgan fingerprint density at radius 2 is 2.16 bits per heavy atom. The summed E-state index contributed by atoms with van der Waals surface area (Å²) in [5.41, 5.74) is 1.12. The Kier molecular flexibility index (Phi) is 7.54. The number of hydrogen-bond acceptors (Lipinski definition) is 3. The maximum absolute atomic E-state index is 12.1. The molecule has 104 valence electrons. The summed E-state index contributed by atoms with van der Waals surface area (Å²) in [5.74, 6) is 0.0693. The molecule has 0 atom stereocenters. The lowest BCUT2D eigenvalue weighted by atomic mass is 10.2. The Balaban J connectivity index is 2.47. The van der Waals surface area contributed by atoms with E-state index in [1.165, 1.54) is 0 Å². The van der Waals surface area contributed by atoms with Gasteiger partial charge in [0, 0.05) is 26.7 Å².